The van der Waals surface area contributed by atoms with Gasteiger partial charge in [0.2, 0.25) is 0 Å². The molecule has 0 unspecified atom stereocenters. The van der Waals surface area contributed by atoms with Gasteiger partial charge in [-0.3, -0.25) is 10.1 Å². The van der Waals surface area contributed by atoms with Crippen molar-refractivity contribution in [3.63, 3.8) is 0 Å². The normalized spacial score (nSPS) is 17.2. The van der Waals surface area contributed by atoms with E-state index in [1.807, 2.05) is 6.07 Å². The van der Waals surface area contributed by atoms with Gasteiger partial charge >= 0.3 is 0 Å². The summed E-state index contributed by atoms with van der Waals surface area (Å²) in [6.07, 6.45) is 2.46. The van der Waals surface area contributed by atoms with Gasteiger partial charge in [-0.2, -0.15) is 0 Å². The topological polar surface area (TPSA) is 55.6 Å². The van der Waals surface area contributed by atoms with Gasteiger partial charge in [-0.1, -0.05) is 0 Å². The zero-order chi connectivity index (χ0) is 11.1. The average molecular weight is 218 g/mol. The molecule has 3 rings (SSSR count). The Labute approximate surface area is 92.1 Å². The molecular formula is C11H10N2O3. The van der Waals surface area contributed by atoms with Crippen LogP contribution in [0.5, 0.6) is 0 Å². The smallest absolute Gasteiger partial charge is 0.269 e. The van der Waals surface area contributed by atoms with Crippen LogP contribution < -0.4 is 4.90 Å². The molecule has 1 aromatic rings. The van der Waals surface area contributed by atoms with Crippen LogP contribution in [-0.2, 0) is 11.2 Å². The molecule has 82 valence electrons. The second-order valence-corrected chi connectivity index (χ2v) is 3.88. The van der Waals surface area contributed by atoms with E-state index in [1.54, 1.807) is 18.4 Å². The lowest BCUT2D eigenvalue weighted by Crippen LogP contribution is -2.27. The van der Waals surface area contributed by atoms with E-state index in [1.165, 1.54) is 0 Å². The van der Waals surface area contributed by atoms with Gasteiger partial charge in [0.25, 0.3) is 5.69 Å². The zero-order valence-corrected chi connectivity index (χ0v) is 8.55. The predicted octanol–water partition coefficient (Wildman–Crippen LogP) is 1.83. The number of rotatable bonds is 1. The predicted molar refractivity (Wildman–Crippen MR) is 58.2 cm³/mol. The number of nitrogens with zero attached hydrogens (tertiary/aromatic N) is 2. The summed E-state index contributed by atoms with van der Waals surface area (Å²) in [7, 11) is 0. The van der Waals surface area contributed by atoms with Crippen molar-refractivity contribution in [1.82, 2.24) is 0 Å². The Kier molecular flexibility index (Phi) is 1.86. The summed E-state index contributed by atoms with van der Waals surface area (Å²) >= 11 is 0. The van der Waals surface area contributed by atoms with Gasteiger partial charge in [0, 0.05) is 24.2 Å². The van der Waals surface area contributed by atoms with Crippen molar-refractivity contribution >= 4 is 11.4 Å². The minimum Gasteiger partial charge on any atom is -0.498 e. The molecule has 0 N–H and O–H groups in total. The van der Waals surface area contributed by atoms with Crippen LogP contribution in [0.15, 0.2) is 30.2 Å². The number of ether oxygens (including phenoxy) is 1. The maximum atomic E-state index is 10.7. The van der Waals surface area contributed by atoms with E-state index in [-0.39, 0.29) is 10.6 Å². The molecule has 2 heterocycles. The maximum Gasteiger partial charge on any atom is 0.269 e. The lowest BCUT2D eigenvalue weighted by atomic mass is 10.1. The molecule has 0 radical (unpaired) electrons. The molecule has 16 heavy (non-hydrogen) atoms. The van der Waals surface area contributed by atoms with Crippen LogP contribution >= 0.6 is 0 Å². The molecule has 2 aliphatic heterocycles. The van der Waals surface area contributed by atoms with E-state index in [0.29, 0.717) is 6.61 Å². The molecule has 1 aromatic carbocycles. The fourth-order valence-corrected chi connectivity index (χ4v) is 2.20. The highest BCUT2D eigenvalue weighted by molar-refractivity contribution is 5.67. The van der Waals surface area contributed by atoms with Crippen molar-refractivity contribution < 1.29 is 9.66 Å². The molecular weight excluding hydrogens is 208 g/mol. The number of hydrogen-bond acceptors (Lipinski definition) is 4. The summed E-state index contributed by atoms with van der Waals surface area (Å²) in [6, 6.07) is 5.02. The van der Waals surface area contributed by atoms with Gasteiger partial charge in [-0.25, -0.2) is 0 Å². The lowest BCUT2D eigenvalue weighted by molar-refractivity contribution is -0.384. The Balaban J connectivity index is 2.05. The Morgan fingerprint density at radius 3 is 3.12 bits per heavy atom. The van der Waals surface area contributed by atoms with Crippen LogP contribution in [0, 0.1) is 10.1 Å². The van der Waals surface area contributed by atoms with E-state index >= 15 is 0 Å². The summed E-state index contributed by atoms with van der Waals surface area (Å²) < 4.78 is 5.25. The molecule has 0 amide bonds. The summed E-state index contributed by atoms with van der Waals surface area (Å²) in [5.74, 6) is 0. The number of allylic oxidation sites excluding steroid dienone is 1. The summed E-state index contributed by atoms with van der Waals surface area (Å²) in [4.78, 5) is 12.5. The Morgan fingerprint density at radius 2 is 2.31 bits per heavy atom. The van der Waals surface area contributed by atoms with E-state index < -0.39 is 0 Å². The molecule has 0 fully saturated rings. The summed E-state index contributed by atoms with van der Waals surface area (Å²) in [5, 5.41) is 10.7. The third-order valence-electron chi connectivity index (χ3n) is 2.94. The van der Waals surface area contributed by atoms with Crippen molar-refractivity contribution in [3.05, 3.63) is 45.8 Å². The standard InChI is InChI=1S/C11H10N2O3/c14-13(15)9-1-2-11-8(5-9)6-10-7-16-4-3-12(10)11/h1-2,5,7H,3-4,6H2. The minimum atomic E-state index is -0.359. The number of hydrogen-bond donors (Lipinski definition) is 0. The van der Waals surface area contributed by atoms with Gasteiger partial charge in [-0.15, -0.1) is 0 Å². The first-order chi connectivity index (χ1) is 7.75. The number of fused-ring (bicyclic) bond motifs is 3. The SMILES string of the molecule is O=[N+]([O-])c1ccc2c(c1)CC1=COCCN12. The Hall–Kier alpha value is -2.04. The van der Waals surface area contributed by atoms with Crippen LogP contribution in [0.1, 0.15) is 5.56 Å². The highest BCUT2D eigenvalue weighted by Gasteiger charge is 2.27. The van der Waals surface area contributed by atoms with Crippen LogP contribution in [0.4, 0.5) is 11.4 Å². The fraction of sp³-hybridized carbons (Fsp3) is 0.273. The molecule has 0 aromatic heterocycles. The number of nitro groups is 1. The van der Waals surface area contributed by atoms with E-state index in [2.05, 4.69) is 4.90 Å². The molecule has 5 nitrogen and oxygen atoms in total. The van der Waals surface area contributed by atoms with Crippen LogP contribution in [0.25, 0.3) is 0 Å². The first-order valence-electron chi connectivity index (χ1n) is 5.11. The zero-order valence-electron chi connectivity index (χ0n) is 8.55. The minimum absolute atomic E-state index is 0.153. The van der Waals surface area contributed by atoms with Gasteiger partial charge in [0.15, 0.2) is 0 Å². The highest BCUT2D eigenvalue weighted by atomic mass is 16.6. The van der Waals surface area contributed by atoms with Crippen molar-refractivity contribution in [2.24, 2.45) is 0 Å². The summed E-state index contributed by atoms with van der Waals surface area (Å²) in [6.45, 7) is 1.48. The van der Waals surface area contributed by atoms with Crippen molar-refractivity contribution in [1.29, 1.82) is 0 Å². The number of anilines is 1. The first kappa shape index (κ1) is 9.21. The van der Waals surface area contributed by atoms with E-state index in [4.69, 9.17) is 4.74 Å². The third kappa shape index (κ3) is 1.25. The number of nitro benzene ring substituents is 1. The largest absolute Gasteiger partial charge is 0.498 e. The summed E-state index contributed by atoms with van der Waals surface area (Å²) in [5.41, 5.74) is 3.31. The molecule has 0 spiro atoms. The third-order valence-corrected chi connectivity index (χ3v) is 2.94. The maximum absolute atomic E-state index is 10.7. The van der Waals surface area contributed by atoms with Crippen molar-refractivity contribution in [2.75, 3.05) is 18.1 Å². The monoisotopic (exact) mass is 218 g/mol. The number of benzene rings is 1. The second-order valence-electron chi connectivity index (χ2n) is 3.88. The van der Waals surface area contributed by atoms with Crippen LogP contribution in [0.2, 0.25) is 0 Å². The molecule has 0 bridgehead atoms. The Morgan fingerprint density at radius 1 is 1.44 bits per heavy atom. The number of non-ortho nitro benzene ring substituents is 1. The van der Waals surface area contributed by atoms with E-state index in [0.717, 1.165) is 29.9 Å². The lowest BCUT2D eigenvalue weighted by Gasteiger charge is -2.24. The average Bonchev–Trinajstić information content (AvgIpc) is 2.66. The molecule has 0 aliphatic carbocycles. The first-order valence-corrected chi connectivity index (χ1v) is 5.11. The molecule has 0 atom stereocenters. The quantitative estimate of drug-likeness (QED) is 0.533. The molecule has 5 heteroatoms. The van der Waals surface area contributed by atoms with Gasteiger partial charge < -0.3 is 9.64 Å². The van der Waals surface area contributed by atoms with Crippen LogP contribution in [0.3, 0.4) is 0 Å². The molecule has 0 saturated carbocycles. The van der Waals surface area contributed by atoms with Crippen molar-refractivity contribution in [3.8, 4) is 0 Å². The highest BCUT2D eigenvalue weighted by Crippen LogP contribution is 2.37. The molecule has 0 saturated heterocycles. The van der Waals surface area contributed by atoms with Gasteiger partial charge in [0.05, 0.1) is 17.2 Å². The van der Waals surface area contributed by atoms with Crippen LogP contribution in [-0.4, -0.2) is 18.1 Å². The fourth-order valence-electron chi connectivity index (χ4n) is 2.20. The Bertz CT molecular complexity index is 496. The van der Waals surface area contributed by atoms with Gasteiger partial charge in [-0.05, 0) is 11.6 Å². The van der Waals surface area contributed by atoms with Gasteiger partial charge in [0.1, 0.15) is 12.9 Å². The second kappa shape index (κ2) is 3.23. The van der Waals surface area contributed by atoms with E-state index in [9.17, 15) is 10.1 Å². The van der Waals surface area contributed by atoms with Crippen molar-refractivity contribution in [2.45, 2.75) is 6.42 Å². The molecule has 2 aliphatic rings.